The van der Waals surface area contributed by atoms with Gasteiger partial charge in [-0.25, -0.2) is 0 Å². The molecule has 0 radical (unpaired) electrons. The van der Waals surface area contributed by atoms with E-state index in [2.05, 4.69) is 5.32 Å². The van der Waals surface area contributed by atoms with Crippen LogP contribution >= 0.6 is 0 Å². The predicted octanol–water partition coefficient (Wildman–Crippen LogP) is -0.661. The minimum absolute atomic E-state index is 0. The number of hydrogen-bond acceptors (Lipinski definition) is 2. The third-order valence-corrected chi connectivity index (χ3v) is 0.914. The number of carboxylic acids is 1. The van der Waals surface area contributed by atoms with Crippen molar-refractivity contribution >= 4 is 63.3 Å². The summed E-state index contributed by atoms with van der Waals surface area (Å²) in [5.74, 6) is -1.21. The van der Waals surface area contributed by atoms with E-state index >= 15 is 0 Å². The van der Waals surface area contributed by atoms with Gasteiger partial charge < -0.3 is 10.4 Å². The van der Waals surface area contributed by atoms with Crippen LogP contribution in [-0.4, -0.2) is 74.9 Å². The van der Waals surface area contributed by atoms with E-state index in [9.17, 15) is 9.59 Å². The fourth-order valence-corrected chi connectivity index (χ4v) is 0.490. The van der Waals surface area contributed by atoms with E-state index in [0.717, 1.165) is 6.42 Å². The summed E-state index contributed by atoms with van der Waals surface area (Å²) in [6.07, 6.45) is 1.14. The zero-order valence-corrected chi connectivity index (χ0v) is 5.89. The minimum atomic E-state index is -1.01. The van der Waals surface area contributed by atoms with Crippen LogP contribution in [0.1, 0.15) is 19.8 Å². The van der Waals surface area contributed by atoms with Gasteiger partial charge in [0.1, 0.15) is 6.54 Å². The van der Waals surface area contributed by atoms with E-state index in [-0.39, 0.29) is 63.8 Å². The Labute approximate surface area is 108 Å². The third-order valence-electron chi connectivity index (χ3n) is 0.914. The van der Waals surface area contributed by atoms with E-state index in [4.69, 9.17) is 5.11 Å². The topological polar surface area (TPSA) is 66.4 Å². The second kappa shape index (κ2) is 8.67. The fourth-order valence-electron chi connectivity index (χ4n) is 0.490. The van der Waals surface area contributed by atoms with Gasteiger partial charge in [0.05, 0.1) is 0 Å². The first kappa shape index (κ1) is 14.1. The maximum atomic E-state index is 10.6. The third kappa shape index (κ3) is 10.6. The number of carbonyl (C=O) groups excluding carboxylic acids is 1. The molecule has 0 aliphatic rings. The van der Waals surface area contributed by atoms with Crippen LogP contribution in [0, 0.1) is 0 Å². The van der Waals surface area contributed by atoms with Crippen molar-refractivity contribution in [2.24, 2.45) is 0 Å². The van der Waals surface area contributed by atoms with Crippen molar-refractivity contribution in [3.8, 4) is 0 Å². The van der Waals surface area contributed by atoms with Crippen molar-refractivity contribution in [1.29, 1.82) is 0 Å². The Bertz CT molecular complexity index is 138. The average molecular weight is 185 g/mol. The molecule has 0 aromatic heterocycles. The van der Waals surface area contributed by atoms with Gasteiger partial charge in [0.25, 0.3) is 0 Å². The number of aliphatic carboxylic acids is 1. The molecule has 0 heterocycles. The molecule has 60 valence electrons. The Hall–Kier alpha value is 0.576. The van der Waals surface area contributed by atoms with Crippen LogP contribution < -0.4 is 5.32 Å². The quantitative estimate of drug-likeness (QED) is 0.571. The van der Waals surface area contributed by atoms with E-state index in [1.54, 1.807) is 0 Å². The zero-order chi connectivity index (χ0) is 7.98. The number of nitrogens with one attached hydrogen (secondary N) is 1. The van der Waals surface area contributed by atoms with Gasteiger partial charge in [-0.2, -0.15) is 0 Å². The van der Waals surface area contributed by atoms with Gasteiger partial charge >= 0.3 is 57.4 Å². The van der Waals surface area contributed by atoms with Gasteiger partial charge in [-0.15, -0.1) is 0 Å². The summed E-state index contributed by atoms with van der Waals surface area (Å²) in [5, 5.41) is 10.4. The van der Waals surface area contributed by atoms with Crippen LogP contribution in [0.4, 0.5) is 0 Å². The molecule has 5 heteroatoms. The Kier molecular flexibility index (Phi) is 11.1. The SMILES string of the molecule is CCCC(=O)NCC(=O)O.[KH]. The molecule has 0 aromatic carbocycles. The van der Waals surface area contributed by atoms with Gasteiger partial charge in [0.2, 0.25) is 5.91 Å². The number of carboxylic acid groups (broad SMARTS) is 1. The summed E-state index contributed by atoms with van der Waals surface area (Å²) in [6.45, 7) is 1.58. The molecule has 11 heavy (non-hydrogen) atoms. The zero-order valence-electron chi connectivity index (χ0n) is 5.89. The Balaban J connectivity index is 0. The van der Waals surface area contributed by atoms with Crippen molar-refractivity contribution in [1.82, 2.24) is 5.32 Å². The van der Waals surface area contributed by atoms with E-state index in [1.807, 2.05) is 6.92 Å². The number of rotatable bonds is 4. The number of carbonyl (C=O) groups is 2. The first-order chi connectivity index (χ1) is 4.66. The Morgan fingerprint density at radius 1 is 1.45 bits per heavy atom. The number of hydrogen-bond donors (Lipinski definition) is 2. The molecule has 0 aliphatic carbocycles. The molecule has 0 bridgehead atoms. The summed E-state index contributed by atoms with van der Waals surface area (Å²) in [5.41, 5.74) is 0. The van der Waals surface area contributed by atoms with E-state index < -0.39 is 5.97 Å². The molecule has 0 saturated heterocycles. The van der Waals surface area contributed by atoms with Crippen molar-refractivity contribution in [2.75, 3.05) is 6.54 Å². The summed E-state index contributed by atoms with van der Waals surface area (Å²) >= 11 is 0. The molecular formula is C6H12KNO3. The Morgan fingerprint density at radius 3 is 2.36 bits per heavy atom. The van der Waals surface area contributed by atoms with Crippen molar-refractivity contribution in [3.05, 3.63) is 0 Å². The molecule has 2 N–H and O–H groups in total. The molecule has 1 amide bonds. The van der Waals surface area contributed by atoms with Crippen molar-refractivity contribution < 1.29 is 14.7 Å². The van der Waals surface area contributed by atoms with Gasteiger partial charge in [0, 0.05) is 6.42 Å². The summed E-state index contributed by atoms with van der Waals surface area (Å²) in [6, 6.07) is 0. The van der Waals surface area contributed by atoms with Crippen LogP contribution in [0.3, 0.4) is 0 Å². The fraction of sp³-hybridized carbons (Fsp3) is 0.667. The molecule has 0 saturated carbocycles. The summed E-state index contributed by atoms with van der Waals surface area (Å²) < 4.78 is 0. The van der Waals surface area contributed by atoms with Crippen LogP contribution in [0.25, 0.3) is 0 Å². The molecule has 0 unspecified atom stereocenters. The maximum absolute atomic E-state index is 10.6. The summed E-state index contributed by atoms with van der Waals surface area (Å²) in [4.78, 5) is 20.5. The first-order valence-electron chi connectivity index (χ1n) is 3.15. The van der Waals surface area contributed by atoms with Crippen LogP contribution in [-0.2, 0) is 9.59 Å². The first-order valence-corrected chi connectivity index (χ1v) is 3.15. The monoisotopic (exact) mass is 185 g/mol. The molecular weight excluding hydrogens is 173 g/mol. The van der Waals surface area contributed by atoms with Crippen molar-refractivity contribution in [3.63, 3.8) is 0 Å². The molecule has 0 atom stereocenters. The second-order valence-corrected chi connectivity index (χ2v) is 1.92. The Morgan fingerprint density at radius 2 is 2.00 bits per heavy atom. The average Bonchev–Trinajstić information content (AvgIpc) is 1.85. The summed E-state index contributed by atoms with van der Waals surface area (Å²) in [7, 11) is 0. The molecule has 0 spiro atoms. The molecule has 0 aromatic rings. The van der Waals surface area contributed by atoms with Crippen molar-refractivity contribution in [2.45, 2.75) is 19.8 Å². The normalized spacial score (nSPS) is 8.09. The van der Waals surface area contributed by atoms with Crippen LogP contribution in [0.5, 0.6) is 0 Å². The van der Waals surface area contributed by atoms with Gasteiger partial charge in [-0.05, 0) is 6.42 Å². The van der Waals surface area contributed by atoms with E-state index in [0.29, 0.717) is 6.42 Å². The molecule has 0 rings (SSSR count). The second-order valence-electron chi connectivity index (χ2n) is 1.92. The van der Waals surface area contributed by atoms with Gasteiger partial charge in [0.15, 0.2) is 0 Å². The van der Waals surface area contributed by atoms with Crippen LogP contribution in [0.15, 0.2) is 0 Å². The van der Waals surface area contributed by atoms with Gasteiger partial charge in [-0.1, -0.05) is 6.92 Å². The van der Waals surface area contributed by atoms with Crippen LogP contribution in [0.2, 0.25) is 0 Å². The molecule has 0 aliphatic heterocycles. The standard InChI is InChI=1S/C6H11NO3.K.H/c1-2-3-5(8)7-4-6(9)10;;/h2-4H2,1H3,(H,7,8)(H,9,10);;. The molecule has 0 fully saturated rings. The predicted molar refractivity (Wildman–Crippen MR) is 42.7 cm³/mol. The molecule has 4 nitrogen and oxygen atoms in total. The van der Waals surface area contributed by atoms with Gasteiger partial charge in [-0.3, -0.25) is 9.59 Å². The number of amides is 1. The van der Waals surface area contributed by atoms with E-state index in [1.165, 1.54) is 0 Å².